The summed E-state index contributed by atoms with van der Waals surface area (Å²) in [5, 5.41) is 1.55. The molecule has 0 unspecified atom stereocenters. The zero-order valence-corrected chi connectivity index (χ0v) is 17.7. The Labute approximate surface area is 164 Å². The summed E-state index contributed by atoms with van der Waals surface area (Å²) in [4.78, 5) is 4.92. The van der Waals surface area contributed by atoms with E-state index in [9.17, 15) is 0 Å². The van der Waals surface area contributed by atoms with Crippen molar-refractivity contribution < 1.29 is 0 Å². The predicted molar refractivity (Wildman–Crippen MR) is 119 cm³/mol. The van der Waals surface area contributed by atoms with Gasteiger partial charge in [0.2, 0.25) is 0 Å². The van der Waals surface area contributed by atoms with Crippen LogP contribution in [0, 0.1) is 0 Å². The molecular formula is C25H29NSi. The summed E-state index contributed by atoms with van der Waals surface area (Å²) < 4.78 is 0. The molecule has 2 heteroatoms. The molecule has 3 aromatic rings. The monoisotopic (exact) mass is 371 g/mol. The van der Waals surface area contributed by atoms with E-state index in [1.165, 1.54) is 42.4 Å². The molecule has 0 amide bonds. The van der Waals surface area contributed by atoms with Crippen molar-refractivity contribution in [3.05, 3.63) is 72.4 Å². The van der Waals surface area contributed by atoms with E-state index in [0.717, 1.165) is 11.6 Å². The highest BCUT2D eigenvalue weighted by Gasteiger charge is 2.27. The van der Waals surface area contributed by atoms with E-state index in [1.54, 1.807) is 10.8 Å². The van der Waals surface area contributed by atoms with Crippen LogP contribution in [0.15, 0.2) is 66.9 Å². The summed E-state index contributed by atoms with van der Waals surface area (Å²) in [5.41, 5.74) is 6.44. The van der Waals surface area contributed by atoms with Crippen molar-refractivity contribution in [3.8, 4) is 22.4 Å². The molecule has 1 fully saturated rings. The lowest BCUT2D eigenvalue weighted by Gasteiger charge is -2.24. The first-order chi connectivity index (χ1) is 13.0. The third-order valence-corrected chi connectivity index (χ3v) is 7.84. The van der Waals surface area contributed by atoms with E-state index in [1.807, 2.05) is 0 Å². The molecule has 0 radical (unpaired) electrons. The fourth-order valence-electron chi connectivity index (χ4n) is 4.32. The fourth-order valence-corrected chi connectivity index (χ4v) is 5.91. The van der Waals surface area contributed by atoms with Crippen LogP contribution in [0.4, 0.5) is 0 Å². The Hall–Kier alpha value is -2.19. The maximum absolute atomic E-state index is 4.92. The van der Waals surface area contributed by atoms with Crippen LogP contribution >= 0.6 is 0 Å². The molecule has 1 aliphatic rings. The van der Waals surface area contributed by atoms with Gasteiger partial charge in [0.05, 0.1) is 13.8 Å². The van der Waals surface area contributed by atoms with Gasteiger partial charge in [-0.25, -0.2) is 0 Å². The van der Waals surface area contributed by atoms with E-state index in [4.69, 9.17) is 4.98 Å². The summed E-state index contributed by atoms with van der Waals surface area (Å²) in [6.45, 7) is 7.33. The first kappa shape index (κ1) is 18.2. The first-order valence-electron chi connectivity index (χ1n) is 10.2. The summed E-state index contributed by atoms with van der Waals surface area (Å²) in [7, 11) is -1.40. The van der Waals surface area contributed by atoms with Gasteiger partial charge >= 0.3 is 0 Å². The Kier molecular flexibility index (Phi) is 5.01. The maximum atomic E-state index is 4.92. The second-order valence-electron chi connectivity index (χ2n) is 8.84. The van der Waals surface area contributed by atoms with E-state index >= 15 is 0 Å². The normalized spacial score (nSPS) is 15.2. The van der Waals surface area contributed by atoms with Crippen LogP contribution < -0.4 is 5.19 Å². The maximum Gasteiger partial charge on any atom is 0.0799 e. The van der Waals surface area contributed by atoms with Gasteiger partial charge in [-0.15, -0.1) is 0 Å². The van der Waals surface area contributed by atoms with Crippen molar-refractivity contribution in [2.45, 2.75) is 51.2 Å². The molecule has 0 N–H and O–H groups in total. The first-order valence-corrected chi connectivity index (χ1v) is 13.7. The Morgan fingerprint density at radius 3 is 2.15 bits per heavy atom. The Bertz CT molecular complexity index is 919. The van der Waals surface area contributed by atoms with Crippen LogP contribution in [0.1, 0.15) is 37.2 Å². The Morgan fingerprint density at radius 1 is 0.778 bits per heavy atom. The zero-order chi connectivity index (χ0) is 18.9. The molecule has 138 valence electrons. The van der Waals surface area contributed by atoms with Crippen molar-refractivity contribution in [2.75, 3.05) is 0 Å². The van der Waals surface area contributed by atoms with Crippen LogP contribution in [0.3, 0.4) is 0 Å². The number of rotatable bonds is 4. The molecule has 1 heterocycles. The van der Waals surface area contributed by atoms with Crippen LogP contribution in [-0.4, -0.2) is 13.1 Å². The molecule has 0 atom stereocenters. The number of benzene rings is 2. The van der Waals surface area contributed by atoms with Crippen LogP contribution in [0.25, 0.3) is 22.4 Å². The zero-order valence-electron chi connectivity index (χ0n) is 16.7. The lowest BCUT2D eigenvalue weighted by atomic mass is 9.95. The van der Waals surface area contributed by atoms with Gasteiger partial charge in [-0.05, 0) is 52.8 Å². The van der Waals surface area contributed by atoms with E-state index in [2.05, 4.69) is 86.5 Å². The molecule has 2 aromatic carbocycles. The summed E-state index contributed by atoms with van der Waals surface area (Å²) in [6.07, 6.45) is 7.62. The van der Waals surface area contributed by atoms with Gasteiger partial charge in [0.25, 0.3) is 0 Å². The van der Waals surface area contributed by atoms with Crippen LogP contribution in [-0.2, 0) is 0 Å². The highest BCUT2D eigenvalue weighted by Crippen LogP contribution is 2.35. The highest BCUT2D eigenvalue weighted by molar-refractivity contribution is 6.89. The third kappa shape index (κ3) is 3.91. The molecule has 0 spiro atoms. The molecule has 0 aliphatic heterocycles. The van der Waals surface area contributed by atoms with Crippen molar-refractivity contribution in [1.82, 2.24) is 4.98 Å². The number of hydrogen-bond acceptors (Lipinski definition) is 1. The van der Waals surface area contributed by atoms with Crippen molar-refractivity contribution in [1.29, 1.82) is 0 Å². The molecule has 1 aliphatic carbocycles. The summed E-state index contributed by atoms with van der Waals surface area (Å²) in [6, 6.07) is 21.8. The Balaban J connectivity index is 1.77. The number of nitrogens with zero attached hydrogens (tertiary/aromatic N) is 1. The molecule has 1 saturated carbocycles. The average Bonchev–Trinajstić information content (AvgIpc) is 3.22. The topological polar surface area (TPSA) is 12.9 Å². The molecule has 1 aromatic heterocycles. The molecule has 4 rings (SSSR count). The average molecular weight is 372 g/mol. The third-order valence-electron chi connectivity index (χ3n) is 5.80. The minimum Gasteiger partial charge on any atom is -0.256 e. The lowest BCUT2D eigenvalue weighted by Crippen LogP contribution is -2.41. The summed E-state index contributed by atoms with van der Waals surface area (Å²) in [5.74, 6) is 0.728. The standard InChI is InChI=1S/C25H29NSi/c1-27(2,3)25-18-26-24(17-23(25)20-12-7-8-13-20)22-15-9-14-21(16-22)19-10-5-4-6-11-19/h4-6,9-11,14-18,20H,7-8,12-13H2,1-3H3. The van der Waals surface area contributed by atoms with Crippen molar-refractivity contribution in [2.24, 2.45) is 0 Å². The van der Waals surface area contributed by atoms with Gasteiger partial charge < -0.3 is 0 Å². The van der Waals surface area contributed by atoms with Gasteiger partial charge in [-0.2, -0.15) is 0 Å². The quantitative estimate of drug-likeness (QED) is 0.470. The molecule has 0 bridgehead atoms. The molecule has 0 saturated heterocycles. The molecular weight excluding hydrogens is 342 g/mol. The largest absolute Gasteiger partial charge is 0.256 e. The van der Waals surface area contributed by atoms with Crippen molar-refractivity contribution >= 4 is 13.3 Å². The van der Waals surface area contributed by atoms with Gasteiger partial charge in [0.1, 0.15) is 0 Å². The minimum absolute atomic E-state index is 0.728. The van der Waals surface area contributed by atoms with E-state index in [0.29, 0.717) is 0 Å². The number of pyridine rings is 1. The number of aromatic nitrogens is 1. The molecule has 1 nitrogen and oxygen atoms in total. The van der Waals surface area contributed by atoms with Gasteiger partial charge in [0, 0.05) is 11.8 Å². The van der Waals surface area contributed by atoms with E-state index < -0.39 is 8.07 Å². The fraction of sp³-hybridized carbons (Fsp3) is 0.320. The minimum atomic E-state index is -1.40. The highest BCUT2D eigenvalue weighted by atomic mass is 28.3. The van der Waals surface area contributed by atoms with Crippen LogP contribution in [0.5, 0.6) is 0 Å². The SMILES string of the molecule is C[Si](C)(C)c1cnc(-c2cccc(-c3ccccc3)c2)cc1C1CCCC1. The lowest BCUT2D eigenvalue weighted by molar-refractivity contribution is 0.726. The van der Waals surface area contributed by atoms with Crippen LogP contribution in [0.2, 0.25) is 19.6 Å². The van der Waals surface area contributed by atoms with Gasteiger partial charge in [-0.1, -0.05) is 81.0 Å². The Morgan fingerprint density at radius 2 is 1.44 bits per heavy atom. The summed E-state index contributed by atoms with van der Waals surface area (Å²) >= 11 is 0. The predicted octanol–water partition coefficient (Wildman–Crippen LogP) is 6.62. The number of hydrogen-bond donors (Lipinski definition) is 0. The smallest absolute Gasteiger partial charge is 0.0799 e. The van der Waals surface area contributed by atoms with E-state index in [-0.39, 0.29) is 0 Å². The van der Waals surface area contributed by atoms with Crippen molar-refractivity contribution in [3.63, 3.8) is 0 Å². The molecule has 27 heavy (non-hydrogen) atoms. The second kappa shape index (κ2) is 7.44. The van der Waals surface area contributed by atoms with Gasteiger partial charge in [-0.3, -0.25) is 4.98 Å². The second-order valence-corrected chi connectivity index (χ2v) is 13.9. The van der Waals surface area contributed by atoms with Gasteiger partial charge in [0.15, 0.2) is 0 Å².